The molecule has 1 saturated carbocycles. The Hall–Kier alpha value is -2.74. The van der Waals surface area contributed by atoms with Crippen molar-refractivity contribution < 1.29 is 22.7 Å². The van der Waals surface area contributed by atoms with Crippen molar-refractivity contribution in [2.45, 2.75) is 44.8 Å². The SMILES string of the molecule is CC(Oc1ccc(N(C)S(C)(=O)=O)cc1)C(=O)Nc1ccc(OC2CCCC2)cc1. The normalized spacial score (nSPS) is 15.4. The Morgan fingerprint density at radius 2 is 1.60 bits per heavy atom. The van der Waals surface area contributed by atoms with Crippen LogP contribution >= 0.6 is 0 Å². The molecule has 1 amide bonds. The van der Waals surface area contributed by atoms with Crippen LogP contribution in [0.4, 0.5) is 11.4 Å². The molecular weight excluding hydrogens is 404 g/mol. The molecule has 3 rings (SSSR count). The van der Waals surface area contributed by atoms with Crippen molar-refractivity contribution in [3.63, 3.8) is 0 Å². The van der Waals surface area contributed by atoms with Crippen LogP contribution in [0.5, 0.6) is 11.5 Å². The molecule has 1 unspecified atom stereocenters. The van der Waals surface area contributed by atoms with Gasteiger partial charge in [0.25, 0.3) is 5.91 Å². The molecule has 162 valence electrons. The van der Waals surface area contributed by atoms with E-state index >= 15 is 0 Å². The Kier molecular flexibility index (Phi) is 6.87. The number of nitrogens with zero attached hydrogens (tertiary/aromatic N) is 1. The van der Waals surface area contributed by atoms with Crippen LogP contribution in [0.2, 0.25) is 0 Å². The summed E-state index contributed by atoms with van der Waals surface area (Å²) in [5, 5.41) is 2.83. The molecule has 0 radical (unpaired) electrons. The highest BCUT2D eigenvalue weighted by molar-refractivity contribution is 7.92. The minimum Gasteiger partial charge on any atom is -0.490 e. The van der Waals surface area contributed by atoms with Gasteiger partial charge in [-0.25, -0.2) is 8.42 Å². The summed E-state index contributed by atoms with van der Waals surface area (Å²) in [4.78, 5) is 12.4. The van der Waals surface area contributed by atoms with E-state index in [2.05, 4.69) is 5.32 Å². The summed E-state index contributed by atoms with van der Waals surface area (Å²) in [6.07, 6.45) is 5.33. The van der Waals surface area contributed by atoms with Crippen LogP contribution in [0.3, 0.4) is 0 Å². The lowest BCUT2D eigenvalue weighted by atomic mass is 10.2. The minimum absolute atomic E-state index is 0.281. The molecule has 7 nitrogen and oxygen atoms in total. The maximum absolute atomic E-state index is 12.4. The Balaban J connectivity index is 1.53. The first-order chi connectivity index (χ1) is 14.2. The second kappa shape index (κ2) is 9.38. The van der Waals surface area contributed by atoms with E-state index in [0.717, 1.165) is 24.8 Å². The molecule has 0 aliphatic heterocycles. The molecule has 0 saturated heterocycles. The summed E-state index contributed by atoms with van der Waals surface area (Å²) in [6, 6.07) is 13.9. The zero-order valence-corrected chi connectivity index (χ0v) is 18.3. The lowest BCUT2D eigenvalue weighted by molar-refractivity contribution is -0.122. The molecule has 1 atom stereocenters. The summed E-state index contributed by atoms with van der Waals surface area (Å²) in [5.74, 6) is 1.00. The fourth-order valence-corrected chi connectivity index (χ4v) is 3.75. The number of anilines is 2. The highest BCUT2D eigenvalue weighted by Gasteiger charge is 2.18. The number of benzene rings is 2. The maximum atomic E-state index is 12.4. The lowest BCUT2D eigenvalue weighted by Crippen LogP contribution is -2.30. The van der Waals surface area contributed by atoms with Crippen LogP contribution < -0.4 is 19.1 Å². The summed E-state index contributed by atoms with van der Waals surface area (Å²) in [7, 11) is -1.85. The second-order valence-electron chi connectivity index (χ2n) is 7.52. The van der Waals surface area contributed by atoms with Gasteiger partial charge in [0.2, 0.25) is 10.0 Å². The number of hydrogen-bond donors (Lipinski definition) is 1. The molecule has 0 bridgehead atoms. The standard InChI is InChI=1S/C22H28N2O5S/c1-16(28-20-14-10-18(11-15-20)24(2)30(3,26)27)22(25)23-17-8-12-21(13-9-17)29-19-6-4-5-7-19/h8-16,19H,4-7H2,1-3H3,(H,23,25). The van der Waals surface area contributed by atoms with Crippen molar-refractivity contribution >= 4 is 27.3 Å². The van der Waals surface area contributed by atoms with Crippen molar-refractivity contribution in [3.8, 4) is 11.5 Å². The summed E-state index contributed by atoms with van der Waals surface area (Å²) in [6.45, 7) is 1.66. The van der Waals surface area contributed by atoms with Crippen molar-refractivity contribution in [1.82, 2.24) is 0 Å². The first kappa shape index (κ1) is 22.0. The monoisotopic (exact) mass is 432 g/mol. The van der Waals surface area contributed by atoms with Crippen LogP contribution in [-0.2, 0) is 14.8 Å². The van der Waals surface area contributed by atoms with E-state index in [9.17, 15) is 13.2 Å². The van der Waals surface area contributed by atoms with Gasteiger partial charge in [-0.3, -0.25) is 9.10 Å². The topological polar surface area (TPSA) is 84.9 Å². The molecule has 1 fully saturated rings. The molecule has 1 N–H and O–H groups in total. The van der Waals surface area contributed by atoms with Gasteiger partial charge >= 0.3 is 0 Å². The number of carbonyl (C=O) groups excluding carboxylic acids is 1. The van der Waals surface area contributed by atoms with Crippen LogP contribution in [0.25, 0.3) is 0 Å². The molecule has 1 aliphatic rings. The van der Waals surface area contributed by atoms with Crippen LogP contribution in [0, 0.1) is 0 Å². The van der Waals surface area contributed by atoms with Crippen molar-refractivity contribution in [2.24, 2.45) is 0 Å². The van der Waals surface area contributed by atoms with E-state index < -0.39 is 16.1 Å². The summed E-state index contributed by atoms with van der Waals surface area (Å²) < 4.78 is 36.0. The van der Waals surface area contributed by atoms with E-state index in [-0.39, 0.29) is 5.91 Å². The van der Waals surface area contributed by atoms with E-state index in [1.54, 1.807) is 31.2 Å². The fourth-order valence-electron chi connectivity index (χ4n) is 3.24. The zero-order valence-electron chi connectivity index (χ0n) is 17.5. The smallest absolute Gasteiger partial charge is 0.265 e. The van der Waals surface area contributed by atoms with Gasteiger partial charge < -0.3 is 14.8 Å². The average Bonchev–Trinajstić information content (AvgIpc) is 3.22. The number of amides is 1. The molecule has 0 aromatic heterocycles. The Bertz CT molecular complexity index is 952. The Labute approximate surface area is 178 Å². The van der Waals surface area contributed by atoms with E-state index in [0.29, 0.717) is 23.2 Å². The van der Waals surface area contributed by atoms with E-state index in [1.165, 1.54) is 24.2 Å². The first-order valence-corrected chi connectivity index (χ1v) is 11.9. The quantitative estimate of drug-likeness (QED) is 0.686. The van der Waals surface area contributed by atoms with Gasteiger partial charge in [-0.2, -0.15) is 0 Å². The van der Waals surface area contributed by atoms with Crippen molar-refractivity contribution in [2.75, 3.05) is 22.9 Å². The van der Waals surface area contributed by atoms with Gasteiger partial charge in [0.05, 0.1) is 18.0 Å². The summed E-state index contributed by atoms with van der Waals surface area (Å²) >= 11 is 0. The number of ether oxygens (including phenoxy) is 2. The minimum atomic E-state index is -3.33. The highest BCUT2D eigenvalue weighted by atomic mass is 32.2. The first-order valence-electron chi connectivity index (χ1n) is 10.0. The third-order valence-corrected chi connectivity index (χ3v) is 6.31. The third kappa shape index (κ3) is 5.89. The van der Waals surface area contributed by atoms with Crippen LogP contribution in [0.1, 0.15) is 32.6 Å². The van der Waals surface area contributed by atoms with Gasteiger partial charge in [-0.1, -0.05) is 0 Å². The van der Waals surface area contributed by atoms with Gasteiger partial charge in [0.1, 0.15) is 11.5 Å². The number of nitrogens with one attached hydrogen (secondary N) is 1. The maximum Gasteiger partial charge on any atom is 0.265 e. The molecule has 2 aromatic rings. The van der Waals surface area contributed by atoms with Gasteiger partial charge in [0, 0.05) is 12.7 Å². The molecule has 30 heavy (non-hydrogen) atoms. The predicted octanol–water partition coefficient (Wildman–Crippen LogP) is 3.81. The number of carbonyl (C=O) groups is 1. The highest BCUT2D eigenvalue weighted by Crippen LogP contribution is 2.25. The average molecular weight is 433 g/mol. The van der Waals surface area contributed by atoms with Gasteiger partial charge in [0.15, 0.2) is 6.10 Å². The molecule has 1 aliphatic carbocycles. The molecule has 0 heterocycles. The van der Waals surface area contributed by atoms with Crippen LogP contribution in [0.15, 0.2) is 48.5 Å². The van der Waals surface area contributed by atoms with Crippen molar-refractivity contribution in [3.05, 3.63) is 48.5 Å². The molecule has 8 heteroatoms. The predicted molar refractivity (Wildman–Crippen MR) is 118 cm³/mol. The zero-order chi connectivity index (χ0) is 21.7. The van der Waals surface area contributed by atoms with Crippen molar-refractivity contribution in [1.29, 1.82) is 0 Å². The Morgan fingerprint density at radius 1 is 1.03 bits per heavy atom. The van der Waals surface area contributed by atoms with E-state index in [1.807, 2.05) is 24.3 Å². The largest absolute Gasteiger partial charge is 0.490 e. The molecular formula is C22H28N2O5S. The number of hydrogen-bond acceptors (Lipinski definition) is 5. The lowest BCUT2D eigenvalue weighted by Gasteiger charge is -2.18. The molecule has 2 aromatic carbocycles. The van der Waals surface area contributed by atoms with Crippen LogP contribution in [-0.4, -0.2) is 39.8 Å². The fraction of sp³-hybridized carbons (Fsp3) is 0.409. The Morgan fingerprint density at radius 3 is 2.17 bits per heavy atom. The van der Waals surface area contributed by atoms with Gasteiger partial charge in [-0.05, 0) is 81.1 Å². The van der Waals surface area contributed by atoms with E-state index in [4.69, 9.17) is 9.47 Å². The second-order valence-corrected chi connectivity index (χ2v) is 9.54. The van der Waals surface area contributed by atoms with Gasteiger partial charge in [-0.15, -0.1) is 0 Å². The number of rotatable bonds is 8. The number of sulfonamides is 1. The third-order valence-electron chi connectivity index (χ3n) is 5.11. The molecule has 0 spiro atoms. The summed E-state index contributed by atoms with van der Waals surface area (Å²) in [5.41, 5.74) is 1.18.